The molecule has 6 nitrogen and oxygen atoms in total. The molecule has 0 saturated carbocycles. The van der Waals surface area contributed by atoms with E-state index in [2.05, 4.69) is 61.5 Å². The van der Waals surface area contributed by atoms with Crippen molar-refractivity contribution in [3.63, 3.8) is 0 Å². The zero-order valence-electron chi connectivity index (χ0n) is 33.9. The van der Waals surface area contributed by atoms with Gasteiger partial charge in [0.1, 0.15) is 0 Å². The van der Waals surface area contributed by atoms with Crippen molar-refractivity contribution in [2.75, 3.05) is 6.61 Å². The summed E-state index contributed by atoms with van der Waals surface area (Å²) >= 11 is 7.18. The molecule has 1 unspecified atom stereocenters. The molecule has 1 saturated heterocycles. The number of aryl methyl sites for hydroxylation is 1. The Morgan fingerprint density at radius 2 is 1.20 bits per heavy atom. The van der Waals surface area contributed by atoms with E-state index in [1.165, 1.54) is 5.56 Å². The zero-order valence-corrected chi connectivity index (χ0v) is 34.7. The van der Waals surface area contributed by atoms with Gasteiger partial charge in [0.2, 0.25) is 0 Å². The molecule has 3 atom stereocenters. The minimum absolute atomic E-state index is 0.0671. The van der Waals surface area contributed by atoms with Crippen LogP contribution in [0.3, 0.4) is 0 Å². The van der Waals surface area contributed by atoms with Gasteiger partial charge in [0.05, 0.1) is 43.7 Å². The van der Waals surface area contributed by atoms with Gasteiger partial charge in [-0.25, -0.2) is 0 Å². The molecule has 0 amide bonds. The molecule has 1 fully saturated rings. The lowest BCUT2D eigenvalue weighted by Gasteiger charge is -2.42. The Kier molecular flexibility index (Phi) is 13.2. The molecule has 7 aromatic rings. The predicted molar refractivity (Wildman–Crippen MR) is 241 cm³/mol. The fourth-order valence-electron chi connectivity index (χ4n) is 8.61. The Balaban J connectivity index is 1.11. The standard InChI is InChI=1S/C53H51ClO6/c1-2-36-23-25-37(26-24-36)27-42-28-51(49-21-11-12-22-50(49)52(42)54)53(57)30-43(59-34-41-16-6-10-20-48(41)46-18-8-4-14-39(46)32-56)29-44(60-53)35-58-33-40-15-5-9-19-47(40)45-17-7-3-13-38(45)31-55/h3-26,28,43-44,55-57H,2,27,29-35H2,1H3/p+1/t43-,44?,53+/m0/s1. The average molecular weight is 820 g/mol. The van der Waals surface area contributed by atoms with Crippen LogP contribution in [0, 0.1) is 0 Å². The van der Waals surface area contributed by atoms with Gasteiger partial charge in [-0.1, -0.05) is 164 Å². The summed E-state index contributed by atoms with van der Waals surface area (Å²) in [5, 5.41) is 33.6. The Bertz CT molecular complexity index is 2550. The first kappa shape index (κ1) is 41.6. The Labute approximate surface area is 357 Å². The number of halogens is 1. The zero-order chi connectivity index (χ0) is 41.5. The van der Waals surface area contributed by atoms with Crippen LogP contribution in [0.15, 0.2) is 152 Å². The maximum absolute atomic E-state index is 12.9. The van der Waals surface area contributed by atoms with Crippen LogP contribution in [0.2, 0.25) is 5.02 Å². The summed E-state index contributed by atoms with van der Waals surface area (Å²) in [6.07, 6.45) is 1.36. The van der Waals surface area contributed by atoms with Crippen LogP contribution in [0.1, 0.15) is 64.3 Å². The van der Waals surface area contributed by atoms with Crippen LogP contribution in [-0.2, 0) is 59.3 Å². The van der Waals surface area contributed by atoms with Crippen LogP contribution in [0.25, 0.3) is 33.0 Å². The molecule has 0 aliphatic carbocycles. The van der Waals surface area contributed by atoms with Crippen molar-refractivity contribution in [3.8, 4) is 22.3 Å². The number of benzene rings is 7. The van der Waals surface area contributed by atoms with Crippen molar-refractivity contribution in [2.45, 2.75) is 77.0 Å². The number of aliphatic hydroxyl groups excluding tert-OH is 1. The molecule has 0 spiro atoms. The summed E-state index contributed by atoms with van der Waals surface area (Å²) in [5.74, 6) is -1.73. The van der Waals surface area contributed by atoms with Crippen molar-refractivity contribution in [2.24, 2.45) is 0 Å². The van der Waals surface area contributed by atoms with E-state index in [-0.39, 0.29) is 26.2 Å². The van der Waals surface area contributed by atoms with Gasteiger partial charge in [-0.3, -0.25) is 0 Å². The van der Waals surface area contributed by atoms with E-state index in [0.717, 1.165) is 72.8 Å². The van der Waals surface area contributed by atoms with Crippen molar-refractivity contribution in [3.05, 3.63) is 201 Å². The van der Waals surface area contributed by atoms with Gasteiger partial charge in [0, 0.05) is 29.4 Å². The first-order valence-corrected chi connectivity index (χ1v) is 21.2. The van der Waals surface area contributed by atoms with Crippen LogP contribution in [0.4, 0.5) is 0 Å². The second-order valence-corrected chi connectivity index (χ2v) is 16.0. The smallest absolute Gasteiger partial charge is 0.195 e. The third kappa shape index (κ3) is 9.12. The van der Waals surface area contributed by atoms with Crippen molar-refractivity contribution in [1.29, 1.82) is 0 Å². The van der Waals surface area contributed by atoms with E-state index in [0.29, 0.717) is 36.6 Å². The monoisotopic (exact) mass is 819 g/mol. The molecular formula is C53H52ClO6+. The van der Waals surface area contributed by atoms with Crippen LogP contribution in [0.5, 0.6) is 0 Å². The quantitative estimate of drug-likeness (QED) is 0.101. The van der Waals surface area contributed by atoms with Gasteiger partial charge in [0.15, 0.2) is 12.4 Å². The number of aliphatic hydroxyl groups is 2. The summed E-state index contributed by atoms with van der Waals surface area (Å²) in [6, 6.07) is 50.7. The number of hydrogen-bond acceptors (Lipinski definition) is 5. The molecule has 0 aromatic heterocycles. The SMILES string of the molecule is CCc1ccc(Cc2cc([C@@]3(O)C[C@@H](OCc4ccccc4-c4ccccc4CO)CC(COCc4ccccc4-c4ccccc4C[OH2+])O3)c3ccccc3c2Cl)cc1. The van der Waals surface area contributed by atoms with E-state index < -0.39 is 18.0 Å². The topological polar surface area (TPSA) is 91.0 Å². The molecule has 1 aliphatic rings. The highest BCUT2D eigenvalue weighted by Crippen LogP contribution is 2.44. The number of ether oxygens (including phenoxy) is 3. The molecule has 8 rings (SSSR count). The fourth-order valence-corrected chi connectivity index (χ4v) is 8.89. The van der Waals surface area contributed by atoms with Gasteiger partial charge in [0.25, 0.3) is 0 Å². The highest BCUT2D eigenvalue weighted by molar-refractivity contribution is 6.36. The number of rotatable bonds is 15. The molecule has 7 aromatic carbocycles. The molecule has 0 radical (unpaired) electrons. The van der Waals surface area contributed by atoms with E-state index in [9.17, 15) is 10.2 Å². The van der Waals surface area contributed by atoms with E-state index in [1.807, 2.05) is 97.1 Å². The maximum atomic E-state index is 12.9. The van der Waals surface area contributed by atoms with Crippen molar-refractivity contribution in [1.82, 2.24) is 0 Å². The molecule has 4 N–H and O–H groups in total. The maximum Gasteiger partial charge on any atom is 0.195 e. The largest absolute Gasteiger partial charge is 0.442 e. The number of hydrogen-bond donors (Lipinski definition) is 2. The minimum atomic E-state index is -1.73. The first-order chi connectivity index (χ1) is 29.4. The normalized spacial score (nSPS) is 17.9. The van der Waals surface area contributed by atoms with Crippen molar-refractivity contribution < 1.29 is 29.5 Å². The highest BCUT2D eigenvalue weighted by atomic mass is 35.5. The van der Waals surface area contributed by atoms with Crippen molar-refractivity contribution >= 4 is 22.4 Å². The van der Waals surface area contributed by atoms with Gasteiger partial charge >= 0.3 is 0 Å². The minimum Gasteiger partial charge on any atom is -0.442 e. The van der Waals surface area contributed by atoms with E-state index in [4.69, 9.17) is 30.9 Å². The molecule has 0 bridgehead atoms. The molecule has 7 heteroatoms. The summed E-state index contributed by atoms with van der Waals surface area (Å²) in [5.41, 5.74) is 11.8. The van der Waals surface area contributed by atoms with E-state index in [1.54, 1.807) is 0 Å². The Morgan fingerprint density at radius 1 is 0.667 bits per heavy atom. The summed E-state index contributed by atoms with van der Waals surface area (Å²) < 4.78 is 20.1. The third-order valence-electron chi connectivity index (χ3n) is 11.7. The number of fused-ring (bicyclic) bond motifs is 1. The second kappa shape index (κ2) is 19.1. The lowest BCUT2D eigenvalue weighted by atomic mass is 9.87. The predicted octanol–water partition coefficient (Wildman–Crippen LogP) is 10.8. The Morgan fingerprint density at radius 3 is 1.83 bits per heavy atom. The second-order valence-electron chi connectivity index (χ2n) is 15.7. The van der Waals surface area contributed by atoms with Gasteiger partial charge in [-0.05, 0) is 79.9 Å². The Hall–Kier alpha value is -5.15. The molecule has 60 heavy (non-hydrogen) atoms. The molecule has 306 valence electrons. The lowest BCUT2D eigenvalue weighted by Crippen LogP contribution is -2.46. The van der Waals surface area contributed by atoms with Gasteiger partial charge in [-0.15, -0.1) is 0 Å². The van der Waals surface area contributed by atoms with Crippen LogP contribution >= 0.6 is 11.6 Å². The molecular weight excluding hydrogens is 768 g/mol. The fraction of sp³-hybridized carbons (Fsp3) is 0.245. The third-order valence-corrected chi connectivity index (χ3v) is 12.2. The lowest BCUT2D eigenvalue weighted by molar-refractivity contribution is -0.292. The first-order valence-electron chi connectivity index (χ1n) is 20.8. The molecule has 1 heterocycles. The summed E-state index contributed by atoms with van der Waals surface area (Å²) in [7, 11) is 0. The summed E-state index contributed by atoms with van der Waals surface area (Å²) in [6.45, 7) is 3.12. The van der Waals surface area contributed by atoms with Gasteiger partial charge in [-0.2, -0.15) is 0 Å². The van der Waals surface area contributed by atoms with E-state index >= 15 is 0 Å². The van der Waals surface area contributed by atoms with Gasteiger partial charge < -0.3 is 29.5 Å². The average Bonchev–Trinajstić information content (AvgIpc) is 3.29. The molecule has 1 aliphatic heterocycles. The highest BCUT2D eigenvalue weighted by Gasteiger charge is 2.44. The van der Waals surface area contributed by atoms with Crippen LogP contribution < -0.4 is 0 Å². The summed E-state index contributed by atoms with van der Waals surface area (Å²) in [4.78, 5) is 0. The van der Waals surface area contributed by atoms with Crippen LogP contribution in [-0.4, -0.2) is 34.1 Å².